The van der Waals surface area contributed by atoms with Crippen LogP contribution in [-0.2, 0) is 7.05 Å². The second-order valence-corrected chi connectivity index (χ2v) is 5.55. The fourth-order valence-electron chi connectivity index (χ4n) is 2.48. The molecule has 0 spiro atoms. The first-order valence-corrected chi connectivity index (χ1v) is 7.46. The number of fused-ring (bicyclic) bond motifs is 1. The predicted octanol–water partition coefficient (Wildman–Crippen LogP) is 5.14. The van der Waals surface area contributed by atoms with Gasteiger partial charge in [-0.3, -0.25) is 4.68 Å². The summed E-state index contributed by atoms with van der Waals surface area (Å²) in [5.41, 5.74) is 2.67. The maximum absolute atomic E-state index is 4.28. The molecule has 0 N–H and O–H groups in total. The largest absolute Gasteiger partial charge is 0.268 e. The van der Waals surface area contributed by atoms with Crippen molar-refractivity contribution in [2.45, 2.75) is 53.4 Å². The van der Waals surface area contributed by atoms with Crippen molar-refractivity contribution in [1.29, 1.82) is 0 Å². The van der Waals surface area contributed by atoms with Crippen LogP contribution < -0.4 is 0 Å². The molecule has 0 saturated carbocycles. The zero-order chi connectivity index (χ0) is 14.4. The van der Waals surface area contributed by atoms with Gasteiger partial charge in [0.2, 0.25) is 0 Å². The Morgan fingerprint density at radius 3 is 2.32 bits per heavy atom. The lowest BCUT2D eigenvalue weighted by Gasteiger charge is -2.19. The van der Waals surface area contributed by atoms with E-state index < -0.39 is 0 Å². The highest BCUT2D eigenvalue weighted by atomic mass is 15.2. The van der Waals surface area contributed by atoms with Gasteiger partial charge in [0.25, 0.3) is 0 Å². The van der Waals surface area contributed by atoms with Crippen LogP contribution in [0, 0.1) is 5.92 Å². The minimum Gasteiger partial charge on any atom is -0.268 e. The van der Waals surface area contributed by atoms with Gasteiger partial charge >= 0.3 is 0 Å². The monoisotopic (exact) mass is 260 g/mol. The van der Waals surface area contributed by atoms with E-state index in [0.717, 1.165) is 0 Å². The van der Waals surface area contributed by atoms with E-state index in [1.54, 1.807) is 0 Å². The smallest absolute Gasteiger partial charge is 0.0681 e. The average molecular weight is 260 g/mol. The summed E-state index contributed by atoms with van der Waals surface area (Å²) in [5, 5.41) is 5.51. The van der Waals surface area contributed by atoms with E-state index in [1.165, 1.54) is 29.3 Å². The highest BCUT2D eigenvalue weighted by molar-refractivity contribution is 5.79. The first-order chi connectivity index (χ1) is 9.04. The molecule has 1 aromatic carbocycles. The van der Waals surface area contributed by atoms with Gasteiger partial charge < -0.3 is 0 Å². The lowest BCUT2D eigenvalue weighted by Crippen LogP contribution is -2.05. The SMILES string of the molecule is CCC.CCC(c1ccc2cnn(C)c2c1)C(C)C. The molecule has 2 rings (SSSR count). The van der Waals surface area contributed by atoms with Crippen LogP contribution in [0.2, 0.25) is 0 Å². The number of rotatable bonds is 3. The first-order valence-electron chi connectivity index (χ1n) is 7.46. The van der Waals surface area contributed by atoms with Gasteiger partial charge in [-0.1, -0.05) is 53.2 Å². The standard InChI is InChI=1S/C14H20N2.C3H8/c1-5-13(10(2)3)11-6-7-12-9-15-16(4)14(12)8-11;1-3-2/h6-10,13H,5H2,1-4H3;3H2,1-2H3. The molecule has 0 aliphatic carbocycles. The molecule has 1 heterocycles. The summed E-state index contributed by atoms with van der Waals surface area (Å²) in [6, 6.07) is 6.72. The molecule has 2 heteroatoms. The number of aryl methyl sites for hydroxylation is 1. The maximum Gasteiger partial charge on any atom is 0.0681 e. The molecule has 0 fully saturated rings. The van der Waals surface area contributed by atoms with Gasteiger partial charge in [0.1, 0.15) is 0 Å². The second kappa shape index (κ2) is 7.32. The lowest BCUT2D eigenvalue weighted by molar-refractivity contribution is 0.485. The lowest BCUT2D eigenvalue weighted by atomic mass is 9.86. The highest BCUT2D eigenvalue weighted by Gasteiger charge is 2.14. The van der Waals surface area contributed by atoms with Crippen LogP contribution >= 0.6 is 0 Å². The van der Waals surface area contributed by atoms with Crippen LogP contribution in [0.25, 0.3) is 10.9 Å². The van der Waals surface area contributed by atoms with Gasteiger partial charge in [0, 0.05) is 12.4 Å². The van der Waals surface area contributed by atoms with Crippen LogP contribution in [0.4, 0.5) is 0 Å². The zero-order valence-electron chi connectivity index (χ0n) is 13.3. The molecule has 0 bridgehead atoms. The summed E-state index contributed by atoms with van der Waals surface area (Å²) < 4.78 is 1.95. The predicted molar refractivity (Wildman–Crippen MR) is 84.5 cm³/mol. The molecule has 0 aliphatic heterocycles. The van der Waals surface area contributed by atoms with E-state index in [9.17, 15) is 0 Å². The van der Waals surface area contributed by atoms with Crippen molar-refractivity contribution >= 4 is 10.9 Å². The van der Waals surface area contributed by atoms with Crippen molar-refractivity contribution in [3.8, 4) is 0 Å². The van der Waals surface area contributed by atoms with Crippen molar-refractivity contribution in [2.24, 2.45) is 13.0 Å². The van der Waals surface area contributed by atoms with E-state index in [4.69, 9.17) is 0 Å². The van der Waals surface area contributed by atoms with E-state index in [2.05, 4.69) is 57.9 Å². The van der Waals surface area contributed by atoms with Crippen LogP contribution in [0.1, 0.15) is 58.9 Å². The number of nitrogens with zero attached hydrogens (tertiary/aromatic N) is 2. The molecule has 106 valence electrons. The quantitative estimate of drug-likeness (QED) is 0.747. The van der Waals surface area contributed by atoms with E-state index in [1.807, 2.05) is 17.9 Å². The van der Waals surface area contributed by atoms with Crippen LogP contribution in [-0.4, -0.2) is 9.78 Å². The number of benzene rings is 1. The Morgan fingerprint density at radius 1 is 1.16 bits per heavy atom. The third-order valence-electron chi connectivity index (χ3n) is 3.45. The third-order valence-corrected chi connectivity index (χ3v) is 3.45. The Morgan fingerprint density at radius 2 is 1.79 bits per heavy atom. The van der Waals surface area contributed by atoms with Crippen LogP contribution in [0.15, 0.2) is 24.4 Å². The Hall–Kier alpha value is -1.31. The van der Waals surface area contributed by atoms with Crippen LogP contribution in [0.5, 0.6) is 0 Å². The normalized spacial score (nSPS) is 12.4. The fraction of sp³-hybridized carbons (Fsp3) is 0.588. The number of aromatic nitrogens is 2. The molecular formula is C17H28N2. The zero-order valence-corrected chi connectivity index (χ0v) is 13.3. The Kier molecular flexibility index (Phi) is 6.07. The molecule has 0 aliphatic rings. The first kappa shape index (κ1) is 15.7. The maximum atomic E-state index is 4.28. The van der Waals surface area contributed by atoms with Crippen molar-refractivity contribution < 1.29 is 0 Å². The molecule has 0 saturated heterocycles. The highest BCUT2D eigenvalue weighted by Crippen LogP contribution is 2.29. The molecule has 19 heavy (non-hydrogen) atoms. The van der Waals surface area contributed by atoms with E-state index >= 15 is 0 Å². The summed E-state index contributed by atoms with van der Waals surface area (Å²) in [5.74, 6) is 1.34. The minimum atomic E-state index is 0.652. The van der Waals surface area contributed by atoms with Crippen molar-refractivity contribution in [3.05, 3.63) is 30.0 Å². The molecule has 2 aromatic rings. The molecule has 1 aromatic heterocycles. The number of hydrogen-bond donors (Lipinski definition) is 0. The topological polar surface area (TPSA) is 17.8 Å². The van der Waals surface area contributed by atoms with Crippen LogP contribution in [0.3, 0.4) is 0 Å². The Labute approximate surface area is 117 Å². The van der Waals surface area contributed by atoms with Gasteiger partial charge in [-0.05, 0) is 29.9 Å². The Balaban J connectivity index is 0.000000550. The number of hydrogen-bond acceptors (Lipinski definition) is 1. The molecule has 0 amide bonds. The van der Waals surface area contributed by atoms with Gasteiger partial charge in [0.05, 0.1) is 11.7 Å². The molecular weight excluding hydrogens is 232 g/mol. The minimum absolute atomic E-state index is 0.652. The summed E-state index contributed by atoms with van der Waals surface area (Å²) in [6.07, 6.45) is 4.37. The molecule has 0 radical (unpaired) electrons. The van der Waals surface area contributed by atoms with Crippen molar-refractivity contribution in [3.63, 3.8) is 0 Å². The van der Waals surface area contributed by atoms with E-state index in [0.29, 0.717) is 11.8 Å². The second-order valence-electron chi connectivity index (χ2n) is 5.55. The van der Waals surface area contributed by atoms with Gasteiger partial charge in [-0.2, -0.15) is 5.10 Å². The summed E-state index contributed by atoms with van der Waals surface area (Å²) >= 11 is 0. The van der Waals surface area contributed by atoms with Crippen molar-refractivity contribution in [2.75, 3.05) is 0 Å². The average Bonchev–Trinajstić information content (AvgIpc) is 2.73. The summed E-state index contributed by atoms with van der Waals surface area (Å²) in [6.45, 7) is 11.1. The van der Waals surface area contributed by atoms with Gasteiger partial charge in [-0.15, -0.1) is 0 Å². The molecule has 1 atom stereocenters. The van der Waals surface area contributed by atoms with E-state index in [-0.39, 0.29) is 0 Å². The molecule has 1 unspecified atom stereocenters. The Bertz CT molecular complexity index is 497. The summed E-state index contributed by atoms with van der Waals surface area (Å²) in [4.78, 5) is 0. The summed E-state index contributed by atoms with van der Waals surface area (Å²) in [7, 11) is 2.00. The third kappa shape index (κ3) is 3.82. The van der Waals surface area contributed by atoms with Gasteiger partial charge in [0.15, 0.2) is 0 Å². The fourth-order valence-corrected chi connectivity index (χ4v) is 2.48. The molecule has 2 nitrogen and oxygen atoms in total. The van der Waals surface area contributed by atoms with Gasteiger partial charge in [-0.25, -0.2) is 0 Å². The van der Waals surface area contributed by atoms with Crippen molar-refractivity contribution in [1.82, 2.24) is 9.78 Å².